The van der Waals surface area contributed by atoms with E-state index in [1.54, 1.807) is 31.2 Å². The van der Waals surface area contributed by atoms with E-state index in [4.69, 9.17) is 10.00 Å². The summed E-state index contributed by atoms with van der Waals surface area (Å²) in [5, 5.41) is 14.4. The Labute approximate surface area is 182 Å². The second-order valence-electron chi connectivity index (χ2n) is 9.65. The van der Waals surface area contributed by atoms with Crippen molar-refractivity contribution >= 4 is 23.5 Å². The first kappa shape index (κ1) is 21.4. The SMILES string of the molecule is C[C@H](NC(=O)C12CC3CC(CC(C3)C1)C2)C(=O)O[C@@H](C)C(=O)Nc1ccc(C#N)cc1. The Hall–Kier alpha value is -2.88. The van der Waals surface area contributed by atoms with Crippen LogP contribution >= 0.6 is 0 Å². The average molecular weight is 424 g/mol. The van der Waals surface area contributed by atoms with Crippen molar-refractivity contribution in [1.29, 1.82) is 5.26 Å². The average Bonchev–Trinajstić information content (AvgIpc) is 2.73. The predicted octanol–water partition coefficient (Wildman–Crippen LogP) is 3.15. The molecule has 0 radical (unpaired) electrons. The van der Waals surface area contributed by atoms with E-state index < -0.39 is 24.0 Å². The molecule has 4 aliphatic carbocycles. The summed E-state index contributed by atoms with van der Waals surface area (Å²) in [4.78, 5) is 37.9. The highest BCUT2D eigenvalue weighted by Crippen LogP contribution is 2.60. The van der Waals surface area contributed by atoms with E-state index in [-0.39, 0.29) is 11.3 Å². The number of carbonyl (C=O) groups excluding carboxylic acids is 3. The number of amides is 2. The lowest BCUT2D eigenvalue weighted by Gasteiger charge is -2.55. The standard InChI is InChI=1S/C24H29N3O4/c1-14(26-23(30)24-10-17-7-18(11-24)9-19(8-17)12-24)22(29)31-15(2)21(28)27-20-5-3-16(13-25)4-6-20/h3-6,14-15,17-19H,7-12H2,1-2H3,(H,26,30)(H,27,28)/t14-,15-,17?,18?,19?,24?/m0/s1. The molecule has 4 aliphatic rings. The number of anilines is 1. The molecule has 0 spiro atoms. The fourth-order valence-corrected chi connectivity index (χ4v) is 6.00. The van der Waals surface area contributed by atoms with Crippen LogP contribution in [0.1, 0.15) is 57.9 Å². The van der Waals surface area contributed by atoms with Crippen LogP contribution < -0.4 is 10.6 Å². The minimum Gasteiger partial charge on any atom is -0.451 e. The van der Waals surface area contributed by atoms with Crippen molar-refractivity contribution in [2.45, 2.75) is 64.5 Å². The van der Waals surface area contributed by atoms with Crippen molar-refractivity contribution in [2.24, 2.45) is 23.2 Å². The Morgan fingerprint density at radius 2 is 1.58 bits per heavy atom. The molecule has 31 heavy (non-hydrogen) atoms. The van der Waals surface area contributed by atoms with Crippen LogP contribution in [0.4, 0.5) is 5.69 Å². The van der Waals surface area contributed by atoms with E-state index in [1.165, 1.54) is 26.2 Å². The van der Waals surface area contributed by atoms with Crippen molar-refractivity contribution in [3.63, 3.8) is 0 Å². The number of esters is 1. The summed E-state index contributed by atoms with van der Waals surface area (Å²) in [7, 11) is 0. The second-order valence-corrected chi connectivity index (χ2v) is 9.65. The minimum atomic E-state index is -1.01. The van der Waals surface area contributed by atoms with Crippen molar-refractivity contribution in [3.05, 3.63) is 29.8 Å². The van der Waals surface area contributed by atoms with Gasteiger partial charge in [-0.3, -0.25) is 9.59 Å². The largest absolute Gasteiger partial charge is 0.451 e. The third kappa shape index (κ3) is 4.43. The molecule has 164 valence electrons. The Morgan fingerprint density at radius 3 is 2.10 bits per heavy atom. The van der Waals surface area contributed by atoms with Crippen molar-refractivity contribution < 1.29 is 19.1 Å². The number of carbonyl (C=O) groups is 3. The monoisotopic (exact) mass is 423 g/mol. The van der Waals surface area contributed by atoms with Gasteiger partial charge in [0.05, 0.1) is 11.6 Å². The highest BCUT2D eigenvalue weighted by atomic mass is 16.5. The van der Waals surface area contributed by atoms with Gasteiger partial charge in [-0.2, -0.15) is 5.26 Å². The first-order chi connectivity index (χ1) is 14.8. The van der Waals surface area contributed by atoms with E-state index in [0.717, 1.165) is 19.3 Å². The normalized spacial score (nSPS) is 30.0. The van der Waals surface area contributed by atoms with Gasteiger partial charge in [-0.25, -0.2) is 4.79 Å². The first-order valence-electron chi connectivity index (χ1n) is 11.1. The zero-order valence-electron chi connectivity index (χ0n) is 18.0. The van der Waals surface area contributed by atoms with E-state index >= 15 is 0 Å². The lowest BCUT2D eigenvalue weighted by Crippen LogP contribution is -2.56. The molecule has 7 nitrogen and oxygen atoms in total. The Bertz CT molecular complexity index is 882. The van der Waals surface area contributed by atoms with Crippen molar-refractivity contribution in [1.82, 2.24) is 5.32 Å². The quantitative estimate of drug-likeness (QED) is 0.684. The summed E-state index contributed by atoms with van der Waals surface area (Å²) >= 11 is 0. The van der Waals surface area contributed by atoms with Crippen LogP contribution in [0.15, 0.2) is 24.3 Å². The molecule has 2 amide bonds. The molecule has 7 heteroatoms. The van der Waals surface area contributed by atoms with Gasteiger partial charge in [-0.15, -0.1) is 0 Å². The molecule has 0 aromatic heterocycles. The first-order valence-corrected chi connectivity index (χ1v) is 11.1. The van der Waals surface area contributed by atoms with Gasteiger partial charge < -0.3 is 15.4 Å². The number of nitrogens with zero attached hydrogens (tertiary/aromatic N) is 1. The molecule has 0 heterocycles. The maximum absolute atomic E-state index is 13.1. The molecular formula is C24H29N3O4. The van der Waals surface area contributed by atoms with Crippen LogP contribution in [0.5, 0.6) is 0 Å². The number of rotatable bonds is 6. The molecule has 1 aromatic rings. The fraction of sp³-hybridized carbons (Fsp3) is 0.583. The van der Waals surface area contributed by atoms with Crippen LogP contribution in [0, 0.1) is 34.5 Å². The second kappa shape index (κ2) is 8.33. The molecule has 0 saturated heterocycles. The third-order valence-corrected chi connectivity index (χ3v) is 7.16. The third-order valence-electron chi connectivity index (χ3n) is 7.16. The van der Waals surface area contributed by atoms with Crippen molar-refractivity contribution in [2.75, 3.05) is 5.32 Å². The van der Waals surface area contributed by atoms with Crippen LogP contribution in [-0.4, -0.2) is 29.9 Å². The summed E-state index contributed by atoms with van der Waals surface area (Å²) in [5.41, 5.74) is 0.665. The maximum Gasteiger partial charge on any atom is 0.329 e. The van der Waals surface area contributed by atoms with E-state index in [1.807, 2.05) is 6.07 Å². The summed E-state index contributed by atoms with van der Waals surface area (Å²) in [6.45, 7) is 3.09. The van der Waals surface area contributed by atoms with Crippen molar-refractivity contribution in [3.8, 4) is 6.07 Å². The van der Waals surface area contributed by atoms with Crippen LogP contribution in [0.25, 0.3) is 0 Å². The summed E-state index contributed by atoms with van der Waals surface area (Å²) < 4.78 is 5.29. The molecule has 5 rings (SSSR count). The van der Waals surface area contributed by atoms with Gasteiger partial charge in [0.25, 0.3) is 5.91 Å². The lowest BCUT2D eigenvalue weighted by molar-refractivity contribution is -0.158. The molecular weight excluding hydrogens is 394 g/mol. The fourth-order valence-electron chi connectivity index (χ4n) is 6.00. The highest BCUT2D eigenvalue weighted by Gasteiger charge is 2.54. The van der Waals surface area contributed by atoms with E-state index in [9.17, 15) is 14.4 Å². The predicted molar refractivity (Wildman–Crippen MR) is 114 cm³/mol. The lowest BCUT2D eigenvalue weighted by atomic mass is 9.49. The summed E-state index contributed by atoms with van der Waals surface area (Å²) in [6.07, 6.45) is 5.51. The van der Waals surface area contributed by atoms with Gasteiger partial charge in [-0.05, 0) is 94.4 Å². The number of nitrogens with one attached hydrogen (secondary N) is 2. The maximum atomic E-state index is 13.1. The molecule has 4 saturated carbocycles. The van der Waals surface area contributed by atoms with Gasteiger partial charge in [0, 0.05) is 11.1 Å². The summed E-state index contributed by atoms with van der Waals surface area (Å²) in [6, 6.07) is 7.60. The number of hydrogen-bond donors (Lipinski definition) is 2. The summed E-state index contributed by atoms with van der Waals surface area (Å²) in [5.74, 6) is 0.796. The number of benzene rings is 1. The zero-order valence-corrected chi connectivity index (χ0v) is 18.0. The molecule has 0 aliphatic heterocycles. The molecule has 2 atom stereocenters. The molecule has 0 unspecified atom stereocenters. The van der Waals surface area contributed by atoms with Gasteiger partial charge in [0.15, 0.2) is 6.10 Å². The van der Waals surface area contributed by atoms with E-state index in [0.29, 0.717) is 29.0 Å². The highest BCUT2D eigenvalue weighted by molar-refractivity contribution is 5.96. The Kier molecular flexibility index (Phi) is 5.74. The number of nitriles is 1. The topological polar surface area (TPSA) is 108 Å². The zero-order chi connectivity index (χ0) is 22.2. The number of hydrogen-bond acceptors (Lipinski definition) is 5. The van der Waals surface area contributed by atoms with E-state index in [2.05, 4.69) is 10.6 Å². The Morgan fingerprint density at radius 1 is 1.03 bits per heavy atom. The Balaban J connectivity index is 1.29. The minimum absolute atomic E-state index is 0.0364. The van der Waals surface area contributed by atoms with Gasteiger partial charge >= 0.3 is 5.97 Å². The van der Waals surface area contributed by atoms with Gasteiger partial charge in [-0.1, -0.05) is 0 Å². The number of ether oxygens (including phenoxy) is 1. The van der Waals surface area contributed by atoms with Gasteiger partial charge in [0.2, 0.25) is 5.91 Å². The molecule has 1 aromatic carbocycles. The smallest absolute Gasteiger partial charge is 0.329 e. The molecule has 4 fully saturated rings. The van der Waals surface area contributed by atoms with Crippen LogP contribution in [0.2, 0.25) is 0 Å². The molecule has 4 bridgehead atoms. The van der Waals surface area contributed by atoms with Crippen LogP contribution in [0.3, 0.4) is 0 Å². The van der Waals surface area contributed by atoms with Gasteiger partial charge in [0.1, 0.15) is 6.04 Å². The van der Waals surface area contributed by atoms with Crippen LogP contribution in [-0.2, 0) is 19.1 Å². The molecule has 2 N–H and O–H groups in total.